The Balaban J connectivity index is 0.00000147. The van der Waals surface area contributed by atoms with Crippen LogP contribution in [0.1, 0.15) is 48.8 Å². The molecule has 41 heavy (non-hydrogen) atoms. The molecule has 1 aliphatic rings. The van der Waals surface area contributed by atoms with Crippen LogP contribution in [-0.4, -0.2) is 66.1 Å². The van der Waals surface area contributed by atoms with Crippen LogP contribution in [0.5, 0.6) is 5.88 Å². The molecule has 0 unspecified atom stereocenters. The second-order valence-electron chi connectivity index (χ2n) is 9.61. The molecule has 1 fully saturated rings. The van der Waals surface area contributed by atoms with Crippen LogP contribution in [0.2, 0.25) is 0 Å². The number of carbonyl (C=O) groups is 1. The molecule has 2 aromatic heterocycles. The number of alkyl halides is 3. The molecule has 222 valence electrons. The first kappa shape index (κ1) is 31.7. The molecule has 1 aromatic carbocycles. The van der Waals surface area contributed by atoms with Crippen molar-refractivity contribution < 1.29 is 36.2 Å². The summed E-state index contributed by atoms with van der Waals surface area (Å²) < 4.78 is 74.1. The van der Waals surface area contributed by atoms with E-state index in [1.54, 1.807) is 6.07 Å². The van der Waals surface area contributed by atoms with Crippen molar-refractivity contribution in [1.82, 2.24) is 19.9 Å². The molecule has 14 heteroatoms. The second-order valence-corrected chi connectivity index (χ2v) is 11.3. The van der Waals surface area contributed by atoms with Crippen LogP contribution in [0.4, 0.5) is 19.0 Å². The standard InChI is InChI=1S/C26H30F3N5O3S.CH2O2/c1-4-17-13-21(38(35,36)33-24-10-11-30-16-32-24)15-31-25(17)37-23-9-8-19(14-22(23)34(2)3)18-6-5-7-20(12-18)26(27,28)29;2-1-3/h5-7,10-13,15-16,19,22-23H,4,8-9,14H2,1-3H3,(H,30,32,33);1H,(H,2,3)/t19-,22-,23-;/m0./s1. The first-order chi connectivity index (χ1) is 19.4. The average molecular weight is 596 g/mol. The predicted octanol–water partition coefficient (Wildman–Crippen LogP) is 4.60. The van der Waals surface area contributed by atoms with E-state index in [1.807, 2.05) is 25.9 Å². The summed E-state index contributed by atoms with van der Waals surface area (Å²) in [5.41, 5.74) is 0.659. The number of ether oxygens (including phenoxy) is 1. The zero-order chi connectivity index (χ0) is 30.2. The van der Waals surface area contributed by atoms with Crippen molar-refractivity contribution >= 4 is 22.3 Å². The molecule has 1 aliphatic carbocycles. The van der Waals surface area contributed by atoms with Crippen molar-refractivity contribution in [2.45, 2.75) is 61.7 Å². The number of hydrogen-bond donors (Lipinski definition) is 2. The number of rotatable bonds is 8. The summed E-state index contributed by atoms with van der Waals surface area (Å²) in [6, 6.07) is 8.44. The number of carboxylic acid groups (broad SMARTS) is 1. The lowest BCUT2D eigenvalue weighted by Crippen LogP contribution is -2.46. The molecule has 0 amide bonds. The van der Waals surface area contributed by atoms with Crippen molar-refractivity contribution in [3.05, 3.63) is 71.8 Å². The maximum atomic E-state index is 13.2. The van der Waals surface area contributed by atoms with Gasteiger partial charge in [0.25, 0.3) is 16.5 Å². The number of aromatic nitrogens is 3. The highest BCUT2D eigenvalue weighted by atomic mass is 32.2. The molecule has 2 N–H and O–H groups in total. The highest BCUT2D eigenvalue weighted by molar-refractivity contribution is 7.92. The molecule has 10 nitrogen and oxygen atoms in total. The number of halogens is 3. The van der Waals surface area contributed by atoms with Gasteiger partial charge in [0, 0.05) is 17.8 Å². The Morgan fingerprint density at radius 2 is 1.90 bits per heavy atom. The van der Waals surface area contributed by atoms with E-state index in [0.29, 0.717) is 42.7 Å². The summed E-state index contributed by atoms with van der Waals surface area (Å²) in [5, 5.41) is 6.89. The largest absolute Gasteiger partial charge is 0.483 e. The maximum absolute atomic E-state index is 13.2. The van der Waals surface area contributed by atoms with Gasteiger partial charge in [0.2, 0.25) is 5.88 Å². The van der Waals surface area contributed by atoms with E-state index < -0.39 is 21.8 Å². The Bertz CT molecular complexity index is 1410. The summed E-state index contributed by atoms with van der Waals surface area (Å²) in [5.74, 6) is 0.455. The van der Waals surface area contributed by atoms with Crippen molar-refractivity contribution in [3.63, 3.8) is 0 Å². The minimum Gasteiger partial charge on any atom is -0.483 e. The number of nitrogens with zero attached hydrogens (tertiary/aromatic N) is 4. The lowest BCUT2D eigenvalue weighted by atomic mass is 9.79. The van der Waals surface area contributed by atoms with Gasteiger partial charge in [-0.1, -0.05) is 25.1 Å². The molecule has 1 saturated carbocycles. The molecule has 3 atom stereocenters. The number of pyridine rings is 1. The number of nitrogens with one attached hydrogen (secondary N) is 1. The Hall–Kier alpha value is -3.78. The van der Waals surface area contributed by atoms with E-state index >= 15 is 0 Å². The van der Waals surface area contributed by atoms with Gasteiger partial charge in [-0.05, 0) is 69.5 Å². The second kappa shape index (κ2) is 13.7. The molecule has 0 saturated heterocycles. The molecular weight excluding hydrogens is 563 g/mol. The van der Waals surface area contributed by atoms with Crippen LogP contribution < -0.4 is 9.46 Å². The fourth-order valence-corrected chi connectivity index (χ4v) is 5.75. The predicted molar refractivity (Wildman–Crippen MR) is 145 cm³/mol. The van der Waals surface area contributed by atoms with Crippen LogP contribution in [-0.2, 0) is 27.4 Å². The number of sulfonamides is 1. The number of aryl methyl sites for hydroxylation is 1. The Kier molecular flexibility index (Phi) is 10.6. The fraction of sp³-hybridized carbons (Fsp3) is 0.407. The first-order valence-corrected chi connectivity index (χ1v) is 14.2. The number of anilines is 1. The summed E-state index contributed by atoms with van der Waals surface area (Å²) >= 11 is 0. The van der Waals surface area contributed by atoms with Gasteiger partial charge in [0.1, 0.15) is 23.1 Å². The van der Waals surface area contributed by atoms with Crippen molar-refractivity contribution in [2.75, 3.05) is 18.8 Å². The molecule has 0 radical (unpaired) electrons. The lowest BCUT2D eigenvalue weighted by Gasteiger charge is -2.40. The van der Waals surface area contributed by atoms with Crippen LogP contribution in [0.15, 0.2) is 60.0 Å². The molecule has 0 bridgehead atoms. The Labute approximate surface area is 236 Å². The molecule has 0 aliphatic heterocycles. The Morgan fingerprint density at radius 1 is 1.17 bits per heavy atom. The minimum atomic E-state index is -4.39. The van der Waals surface area contributed by atoms with Gasteiger partial charge in [-0.15, -0.1) is 0 Å². The third kappa shape index (κ3) is 8.36. The summed E-state index contributed by atoms with van der Waals surface area (Å²) in [6.45, 7) is 1.63. The monoisotopic (exact) mass is 595 g/mol. The highest BCUT2D eigenvalue weighted by Crippen LogP contribution is 2.39. The maximum Gasteiger partial charge on any atom is 0.416 e. The van der Waals surface area contributed by atoms with E-state index in [0.717, 1.165) is 6.07 Å². The van der Waals surface area contributed by atoms with Crippen LogP contribution in [0.3, 0.4) is 0 Å². The Morgan fingerprint density at radius 3 is 2.51 bits per heavy atom. The first-order valence-electron chi connectivity index (χ1n) is 12.7. The third-order valence-corrected chi connectivity index (χ3v) is 8.10. The van der Waals surface area contributed by atoms with Crippen molar-refractivity contribution in [3.8, 4) is 5.88 Å². The summed E-state index contributed by atoms with van der Waals surface area (Å²) in [4.78, 5) is 22.4. The van der Waals surface area contributed by atoms with Gasteiger partial charge in [-0.2, -0.15) is 13.2 Å². The van der Waals surface area contributed by atoms with E-state index in [1.165, 1.54) is 43.0 Å². The van der Waals surface area contributed by atoms with Crippen molar-refractivity contribution in [1.29, 1.82) is 0 Å². The van der Waals surface area contributed by atoms with Crippen molar-refractivity contribution in [2.24, 2.45) is 0 Å². The van der Waals surface area contributed by atoms with Gasteiger partial charge < -0.3 is 14.7 Å². The fourth-order valence-electron chi connectivity index (χ4n) is 4.74. The number of hydrogen-bond acceptors (Lipinski definition) is 8. The quantitative estimate of drug-likeness (QED) is 0.358. The molecule has 4 rings (SSSR count). The molecule has 2 heterocycles. The summed E-state index contributed by atoms with van der Waals surface area (Å²) in [6.07, 6.45) is 1.67. The smallest absolute Gasteiger partial charge is 0.416 e. The number of benzene rings is 1. The van der Waals surface area contributed by atoms with Gasteiger partial charge in [0.05, 0.1) is 11.8 Å². The minimum absolute atomic E-state index is 0.0160. The zero-order valence-electron chi connectivity index (χ0n) is 22.7. The van der Waals surface area contributed by atoms with Gasteiger partial charge in [-0.25, -0.2) is 23.4 Å². The van der Waals surface area contributed by atoms with E-state index in [4.69, 9.17) is 14.6 Å². The third-order valence-electron chi connectivity index (χ3n) is 6.78. The normalized spacial score (nSPS) is 19.1. The van der Waals surface area contributed by atoms with Crippen LogP contribution in [0.25, 0.3) is 0 Å². The zero-order valence-corrected chi connectivity index (χ0v) is 23.6. The van der Waals surface area contributed by atoms with Crippen LogP contribution >= 0.6 is 0 Å². The summed E-state index contributed by atoms with van der Waals surface area (Å²) in [7, 11) is -0.0889. The van der Waals surface area contributed by atoms with Gasteiger partial charge in [0.15, 0.2) is 0 Å². The highest BCUT2D eigenvalue weighted by Gasteiger charge is 2.36. The van der Waals surface area contributed by atoms with Gasteiger partial charge >= 0.3 is 6.18 Å². The molecule has 3 aromatic rings. The average Bonchev–Trinajstić information content (AvgIpc) is 2.93. The van der Waals surface area contributed by atoms with Crippen LogP contribution in [0, 0.1) is 0 Å². The van der Waals surface area contributed by atoms with E-state index in [-0.39, 0.29) is 35.2 Å². The van der Waals surface area contributed by atoms with E-state index in [2.05, 4.69) is 19.7 Å². The molecule has 0 spiro atoms. The molecular formula is C27H32F3N5O5S. The van der Waals surface area contributed by atoms with E-state index in [9.17, 15) is 21.6 Å². The van der Waals surface area contributed by atoms with Gasteiger partial charge in [-0.3, -0.25) is 9.52 Å². The topological polar surface area (TPSA) is 135 Å². The lowest BCUT2D eigenvalue weighted by molar-refractivity contribution is -0.137. The SMILES string of the molecule is CCc1cc(S(=O)(=O)Nc2ccncn2)cnc1O[C@H]1CC[C@H](c2cccc(C(F)(F)F)c2)C[C@@H]1N(C)C.O=CO. The number of likely N-dealkylation sites (N-methyl/N-ethyl adjacent to an activating group) is 1.